The highest BCUT2D eigenvalue weighted by atomic mass is 16.7. The molecule has 2 aliphatic rings. The first-order chi connectivity index (χ1) is 19.2. The largest absolute Gasteiger partial charge is 0.445 e. The van der Waals surface area contributed by atoms with Gasteiger partial charge in [-0.2, -0.15) is 0 Å². The van der Waals surface area contributed by atoms with E-state index in [1.54, 1.807) is 0 Å². The van der Waals surface area contributed by atoms with Crippen LogP contribution in [0.5, 0.6) is 0 Å². The number of aromatic nitrogens is 1. The molecule has 0 aliphatic carbocycles. The predicted molar refractivity (Wildman–Crippen MR) is 155 cm³/mol. The molecular weight excluding hydrogens is 490 g/mol. The van der Waals surface area contributed by atoms with Gasteiger partial charge in [0.15, 0.2) is 6.29 Å². The van der Waals surface area contributed by atoms with Gasteiger partial charge in [-0.15, -0.1) is 0 Å². The third-order valence-corrected chi connectivity index (χ3v) is 8.00. The number of unbranched alkanes of at least 4 members (excludes halogenated alkanes) is 2. The number of piperidine rings is 2. The summed E-state index contributed by atoms with van der Waals surface area (Å²) in [5.41, 5.74) is 3.32. The van der Waals surface area contributed by atoms with E-state index in [0.717, 1.165) is 88.9 Å². The number of hydrogen-bond acceptors (Lipinski definition) is 6. The van der Waals surface area contributed by atoms with E-state index in [-0.39, 0.29) is 12.4 Å². The van der Waals surface area contributed by atoms with Gasteiger partial charge < -0.3 is 24.0 Å². The minimum Gasteiger partial charge on any atom is -0.445 e. The quantitative estimate of drug-likeness (QED) is 0.207. The Kier molecular flexibility index (Phi) is 11.9. The van der Waals surface area contributed by atoms with Gasteiger partial charge in [-0.3, -0.25) is 4.98 Å². The molecule has 214 valence electrons. The minimum absolute atomic E-state index is 0.0766. The fourth-order valence-corrected chi connectivity index (χ4v) is 5.43. The smallest absolute Gasteiger partial charge is 0.410 e. The molecule has 2 aliphatic heterocycles. The maximum Gasteiger partial charge on any atom is 0.410 e. The molecule has 2 saturated heterocycles. The fraction of sp³-hybridized carbons (Fsp3) is 0.625. The highest BCUT2D eigenvalue weighted by molar-refractivity contribution is 5.67. The molecule has 1 aromatic heterocycles. The van der Waals surface area contributed by atoms with Crippen molar-refractivity contribution in [3.63, 3.8) is 0 Å². The number of rotatable bonds is 13. The Morgan fingerprint density at radius 2 is 1.56 bits per heavy atom. The molecule has 2 fully saturated rings. The number of anilines is 1. The van der Waals surface area contributed by atoms with Crippen molar-refractivity contribution in [3.8, 4) is 0 Å². The molecule has 0 saturated carbocycles. The number of likely N-dealkylation sites (tertiary alicyclic amines) is 1. The number of hydrogen-bond donors (Lipinski definition) is 0. The zero-order valence-electron chi connectivity index (χ0n) is 23.9. The molecule has 0 bridgehead atoms. The maximum absolute atomic E-state index is 12.5. The fourth-order valence-electron chi connectivity index (χ4n) is 5.43. The van der Waals surface area contributed by atoms with Gasteiger partial charge in [0, 0.05) is 56.9 Å². The van der Waals surface area contributed by atoms with Crippen LogP contribution in [0.15, 0.2) is 48.7 Å². The van der Waals surface area contributed by atoms with Crippen LogP contribution >= 0.6 is 0 Å². The molecule has 1 amide bonds. The Bertz CT molecular complexity index is 945. The average Bonchev–Trinajstić information content (AvgIpc) is 3.00. The number of amides is 1. The highest BCUT2D eigenvalue weighted by Crippen LogP contribution is 2.30. The lowest BCUT2D eigenvalue weighted by Crippen LogP contribution is -2.40. The van der Waals surface area contributed by atoms with E-state index >= 15 is 0 Å². The Balaban J connectivity index is 1.21. The molecule has 0 spiro atoms. The molecule has 7 nitrogen and oxygen atoms in total. The second-order valence-corrected chi connectivity index (χ2v) is 10.9. The van der Waals surface area contributed by atoms with Crippen molar-refractivity contribution in [3.05, 3.63) is 59.9 Å². The maximum atomic E-state index is 12.5. The van der Waals surface area contributed by atoms with E-state index in [4.69, 9.17) is 19.2 Å². The molecule has 7 heteroatoms. The van der Waals surface area contributed by atoms with Crippen molar-refractivity contribution in [1.29, 1.82) is 0 Å². The van der Waals surface area contributed by atoms with Crippen LogP contribution in [0.1, 0.15) is 82.4 Å². The summed E-state index contributed by atoms with van der Waals surface area (Å²) in [6.45, 7) is 9.69. The third kappa shape index (κ3) is 8.94. The topological polar surface area (TPSA) is 64.1 Å². The second kappa shape index (κ2) is 15.8. The molecular formula is C32H47N3O4. The van der Waals surface area contributed by atoms with Gasteiger partial charge in [0.25, 0.3) is 0 Å². The van der Waals surface area contributed by atoms with E-state index in [9.17, 15) is 4.79 Å². The summed E-state index contributed by atoms with van der Waals surface area (Å²) in [5.74, 6) is 0.830. The van der Waals surface area contributed by atoms with Crippen molar-refractivity contribution >= 4 is 11.8 Å². The first kappa shape index (κ1) is 29.3. The van der Waals surface area contributed by atoms with Crippen LogP contribution in [0.3, 0.4) is 0 Å². The lowest BCUT2D eigenvalue weighted by Gasteiger charge is -2.37. The summed E-state index contributed by atoms with van der Waals surface area (Å²) >= 11 is 0. The van der Waals surface area contributed by atoms with Crippen molar-refractivity contribution < 1.29 is 19.0 Å². The zero-order valence-corrected chi connectivity index (χ0v) is 23.9. The van der Waals surface area contributed by atoms with Gasteiger partial charge in [-0.05, 0) is 56.2 Å². The van der Waals surface area contributed by atoms with Gasteiger partial charge in [-0.1, -0.05) is 57.0 Å². The Hall–Kier alpha value is -2.64. The van der Waals surface area contributed by atoms with Crippen LogP contribution < -0.4 is 4.90 Å². The van der Waals surface area contributed by atoms with Crippen molar-refractivity contribution in [2.45, 2.75) is 84.0 Å². The third-order valence-electron chi connectivity index (χ3n) is 8.00. The van der Waals surface area contributed by atoms with Crippen molar-refractivity contribution in [2.75, 3.05) is 44.3 Å². The number of benzene rings is 1. The second-order valence-electron chi connectivity index (χ2n) is 10.9. The van der Waals surface area contributed by atoms with Crippen LogP contribution in [-0.4, -0.2) is 61.7 Å². The predicted octanol–water partition coefficient (Wildman–Crippen LogP) is 6.77. The zero-order chi connectivity index (χ0) is 27.3. The van der Waals surface area contributed by atoms with E-state index < -0.39 is 0 Å². The first-order valence-electron chi connectivity index (χ1n) is 15.1. The van der Waals surface area contributed by atoms with Crippen LogP contribution in [-0.2, 0) is 20.8 Å². The Morgan fingerprint density at radius 1 is 0.897 bits per heavy atom. The van der Waals surface area contributed by atoms with Gasteiger partial charge >= 0.3 is 6.09 Å². The van der Waals surface area contributed by atoms with Crippen LogP contribution in [0.25, 0.3) is 0 Å². The number of nitrogens with zero attached hydrogens (tertiary/aromatic N) is 3. The minimum atomic E-state index is -0.224. The molecule has 39 heavy (non-hydrogen) atoms. The van der Waals surface area contributed by atoms with Crippen molar-refractivity contribution in [2.24, 2.45) is 5.92 Å². The number of ether oxygens (including phenoxy) is 3. The number of carbonyl (C=O) groups is 1. The summed E-state index contributed by atoms with van der Waals surface area (Å²) < 4.78 is 17.8. The van der Waals surface area contributed by atoms with E-state index in [1.807, 2.05) is 41.4 Å². The molecule has 4 rings (SSSR count). The lowest BCUT2D eigenvalue weighted by molar-refractivity contribution is -0.177. The molecule has 0 N–H and O–H groups in total. The van der Waals surface area contributed by atoms with Crippen LogP contribution in [0.2, 0.25) is 0 Å². The molecule has 0 radical (unpaired) electrons. The van der Waals surface area contributed by atoms with Crippen LogP contribution in [0, 0.1) is 5.92 Å². The van der Waals surface area contributed by atoms with Crippen molar-refractivity contribution in [1.82, 2.24) is 9.88 Å². The van der Waals surface area contributed by atoms with Gasteiger partial charge in [-0.25, -0.2) is 4.79 Å². The standard InChI is InChI=1S/C32H47N3O4/c1-3-5-22-37-31(38-23-6-4-2)28-16-18-34(19-17-28)29-12-13-30(33-24-29)27-14-20-35(21-15-27)32(36)39-25-26-10-8-7-9-11-26/h7-13,24,27-28,31H,3-6,14-23,25H2,1-2H3. The molecule has 0 atom stereocenters. The first-order valence-corrected chi connectivity index (χ1v) is 15.1. The van der Waals surface area contributed by atoms with E-state index in [0.29, 0.717) is 31.5 Å². The molecule has 0 unspecified atom stereocenters. The van der Waals surface area contributed by atoms with Gasteiger partial charge in [0.05, 0.1) is 11.9 Å². The highest BCUT2D eigenvalue weighted by Gasteiger charge is 2.29. The Labute approximate surface area is 234 Å². The molecule has 3 heterocycles. The summed E-state index contributed by atoms with van der Waals surface area (Å²) in [6.07, 6.45) is 10.2. The Morgan fingerprint density at radius 3 is 2.15 bits per heavy atom. The lowest BCUT2D eigenvalue weighted by atomic mass is 9.93. The van der Waals surface area contributed by atoms with Crippen LogP contribution in [0.4, 0.5) is 10.5 Å². The van der Waals surface area contributed by atoms with E-state index in [2.05, 4.69) is 30.9 Å². The summed E-state index contributed by atoms with van der Waals surface area (Å²) in [6, 6.07) is 14.2. The van der Waals surface area contributed by atoms with Gasteiger partial charge in [0.2, 0.25) is 0 Å². The molecule has 1 aromatic carbocycles. The van der Waals surface area contributed by atoms with Gasteiger partial charge in [0.1, 0.15) is 6.61 Å². The summed E-state index contributed by atoms with van der Waals surface area (Å²) in [7, 11) is 0. The average molecular weight is 538 g/mol. The monoisotopic (exact) mass is 537 g/mol. The normalized spacial score (nSPS) is 17.1. The number of carbonyl (C=O) groups excluding carboxylic acids is 1. The number of pyridine rings is 1. The SMILES string of the molecule is CCCCOC(OCCCC)C1CCN(c2ccc(C3CCN(C(=O)OCc4ccccc4)CC3)nc2)CC1. The van der Waals surface area contributed by atoms with E-state index in [1.165, 1.54) is 5.69 Å². The summed E-state index contributed by atoms with van der Waals surface area (Å²) in [5, 5.41) is 0. The molecule has 2 aromatic rings. The summed E-state index contributed by atoms with van der Waals surface area (Å²) in [4.78, 5) is 21.6.